The average Bonchev–Trinajstić information content (AvgIpc) is 2.41. The van der Waals surface area contributed by atoms with Crippen molar-refractivity contribution in [3.05, 3.63) is 78.7 Å². The van der Waals surface area contributed by atoms with Gasteiger partial charge in [-0.15, -0.1) is 0 Å². The normalized spacial score (nSPS) is 10.2. The third-order valence-corrected chi connectivity index (χ3v) is 2.97. The summed E-state index contributed by atoms with van der Waals surface area (Å²) in [5.41, 5.74) is 2.73. The van der Waals surface area contributed by atoms with Gasteiger partial charge in [0.05, 0.1) is 0 Å². The fourth-order valence-corrected chi connectivity index (χ4v) is 2.12. The summed E-state index contributed by atoms with van der Waals surface area (Å²) in [7, 11) is 0. The average molecular weight is 327 g/mol. The van der Waals surface area contributed by atoms with Crippen molar-refractivity contribution >= 4 is 0 Å². The second-order valence-corrected chi connectivity index (χ2v) is 4.54. The Balaban J connectivity index is 0.00000180. The van der Waals surface area contributed by atoms with E-state index < -0.39 is 0 Å². The van der Waals surface area contributed by atoms with Gasteiger partial charge in [-0.05, 0) is 17.7 Å². The van der Waals surface area contributed by atoms with Crippen molar-refractivity contribution in [3.63, 3.8) is 0 Å². The summed E-state index contributed by atoms with van der Waals surface area (Å²) >= 11 is 0. The van der Waals surface area contributed by atoms with Gasteiger partial charge in [-0.3, -0.25) is 4.90 Å². The maximum absolute atomic E-state index is 3.97. The predicted octanol–water partition coefficient (Wildman–Crippen LogP) is 3.91. The molecule has 1 radical (unpaired) electrons. The molecule has 0 fully saturated rings. The second-order valence-electron chi connectivity index (χ2n) is 4.54. The van der Waals surface area contributed by atoms with Gasteiger partial charge in [0.25, 0.3) is 0 Å². The summed E-state index contributed by atoms with van der Waals surface area (Å²) in [6.07, 6.45) is 0.944. The van der Waals surface area contributed by atoms with Crippen molar-refractivity contribution in [2.24, 2.45) is 0 Å². The van der Waals surface area contributed by atoms with Crippen LogP contribution in [0.25, 0.3) is 0 Å². The Hall–Kier alpha value is -0.496. The maximum atomic E-state index is 3.97. The van der Waals surface area contributed by atoms with E-state index in [0.717, 1.165) is 26.1 Å². The van der Waals surface area contributed by atoms with E-state index in [2.05, 4.69) is 72.5 Å². The molecule has 0 aromatic heterocycles. The summed E-state index contributed by atoms with van der Waals surface area (Å²) in [4.78, 5) is 2.44. The molecule has 1 nitrogen and oxygen atoms in total. The molecular weight excluding hydrogens is 307 g/mol. The van der Waals surface area contributed by atoms with Gasteiger partial charge in [0.2, 0.25) is 0 Å². The van der Waals surface area contributed by atoms with Gasteiger partial charge in [-0.1, -0.05) is 60.7 Å². The number of benzene rings is 2. The number of hydrogen-bond donors (Lipinski definition) is 0. The minimum atomic E-state index is 0. The third kappa shape index (κ3) is 5.99. The number of hydrogen-bond acceptors (Lipinski definition) is 1. The van der Waals surface area contributed by atoms with E-state index in [1.807, 2.05) is 0 Å². The first kappa shape index (κ1) is 16.6. The van der Waals surface area contributed by atoms with Crippen molar-refractivity contribution in [2.45, 2.75) is 19.5 Å². The first-order chi connectivity index (χ1) is 8.88. The van der Waals surface area contributed by atoms with Crippen molar-refractivity contribution in [1.29, 1.82) is 0 Å². The van der Waals surface area contributed by atoms with Crippen molar-refractivity contribution < 1.29 is 32.7 Å². The smallest absolute Gasteiger partial charge is 0.0236 e. The number of rotatable bonds is 6. The molecule has 0 saturated heterocycles. The first-order valence-electron chi connectivity index (χ1n) is 6.48. The van der Waals surface area contributed by atoms with E-state index in [-0.39, 0.29) is 32.7 Å². The summed E-state index contributed by atoms with van der Waals surface area (Å²) in [5.74, 6) is 0. The molecule has 0 heterocycles. The summed E-state index contributed by atoms with van der Waals surface area (Å²) in [5, 5.41) is 0. The van der Waals surface area contributed by atoms with Gasteiger partial charge in [0, 0.05) is 45.8 Å². The minimum absolute atomic E-state index is 0. The van der Waals surface area contributed by atoms with Crippen LogP contribution in [0.3, 0.4) is 0 Å². The molecule has 0 aliphatic heterocycles. The zero-order valence-corrected chi connectivity index (χ0v) is 14.2. The van der Waals surface area contributed by atoms with Crippen LogP contribution in [-0.4, -0.2) is 11.4 Å². The van der Waals surface area contributed by atoms with Crippen LogP contribution in [0.4, 0.5) is 0 Å². The molecule has 0 atom stereocenters. The molecule has 0 N–H and O–H groups in total. The molecule has 2 heteroatoms. The van der Waals surface area contributed by atoms with E-state index in [9.17, 15) is 0 Å². The molecule has 97 valence electrons. The topological polar surface area (TPSA) is 3.24 Å². The van der Waals surface area contributed by atoms with Crippen LogP contribution in [0.2, 0.25) is 0 Å². The standard InChI is InChI=1S/C17H20N.Y/c1-2-13-18(14-16-9-5-3-6-10-16)15-17-11-7-4-8-12-17;/h3-12H,1-2,13-15H2;/q-1;. The quantitative estimate of drug-likeness (QED) is 0.727. The van der Waals surface area contributed by atoms with Crippen LogP contribution in [0, 0.1) is 6.92 Å². The van der Waals surface area contributed by atoms with Gasteiger partial charge in [-0.2, -0.15) is 6.42 Å². The Morgan fingerprint density at radius 1 is 0.737 bits per heavy atom. The van der Waals surface area contributed by atoms with Gasteiger partial charge >= 0.3 is 0 Å². The zero-order chi connectivity index (χ0) is 12.6. The predicted molar refractivity (Wildman–Crippen MR) is 77.0 cm³/mol. The van der Waals surface area contributed by atoms with Crippen LogP contribution in [0.15, 0.2) is 60.7 Å². The van der Waals surface area contributed by atoms with Crippen LogP contribution < -0.4 is 0 Å². The first-order valence-corrected chi connectivity index (χ1v) is 6.48. The largest absolute Gasteiger partial charge is 0.342 e. The second kappa shape index (κ2) is 9.41. The zero-order valence-electron chi connectivity index (χ0n) is 11.3. The van der Waals surface area contributed by atoms with E-state index in [4.69, 9.17) is 0 Å². The van der Waals surface area contributed by atoms with Gasteiger partial charge < -0.3 is 6.92 Å². The molecule has 0 bridgehead atoms. The van der Waals surface area contributed by atoms with Gasteiger partial charge in [0.1, 0.15) is 0 Å². The van der Waals surface area contributed by atoms with E-state index >= 15 is 0 Å². The molecule has 2 rings (SSSR count). The third-order valence-electron chi connectivity index (χ3n) is 2.97. The SMILES string of the molecule is [CH2-]CCN(Cc1ccccc1)Cc1ccccc1.[Y]. The van der Waals surface area contributed by atoms with Crippen molar-refractivity contribution in [3.8, 4) is 0 Å². The molecule has 0 aliphatic rings. The molecule has 19 heavy (non-hydrogen) atoms. The van der Waals surface area contributed by atoms with E-state index in [0.29, 0.717) is 0 Å². The fourth-order valence-electron chi connectivity index (χ4n) is 2.12. The summed E-state index contributed by atoms with van der Waals surface area (Å²) in [6.45, 7) is 6.98. The molecule has 0 aliphatic carbocycles. The molecule has 0 unspecified atom stereocenters. The Kier molecular flexibility index (Phi) is 8.20. The Labute approximate surface area is 141 Å². The molecular formula is C17H20NY-. The Bertz CT molecular complexity index is 400. The van der Waals surface area contributed by atoms with Crippen LogP contribution in [0.1, 0.15) is 17.5 Å². The van der Waals surface area contributed by atoms with Gasteiger partial charge in [-0.25, -0.2) is 0 Å². The summed E-state index contributed by atoms with van der Waals surface area (Å²) in [6, 6.07) is 21.2. The minimum Gasteiger partial charge on any atom is -0.342 e. The Morgan fingerprint density at radius 2 is 1.16 bits per heavy atom. The molecule has 0 amide bonds. The summed E-state index contributed by atoms with van der Waals surface area (Å²) < 4.78 is 0. The van der Waals surface area contributed by atoms with Crippen molar-refractivity contribution in [1.82, 2.24) is 4.90 Å². The van der Waals surface area contributed by atoms with Crippen molar-refractivity contribution in [2.75, 3.05) is 6.54 Å². The van der Waals surface area contributed by atoms with Gasteiger partial charge in [0.15, 0.2) is 0 Å². The molecule has 2 aromatic rings. The maximum Gasteiger partial charge on any atom is 0.0236 e. The Morgan fingerprint density at radius 3 is 1.53 bits per heavy atom. The fraction of sp³-hybridized carbons (Fsp3) is 0.235. The number of nitrogens with zero attached hydrogens (tertiary/aromatic N) is 1. The van der Waals surface area contributed by atoms with Crippen LogP contribution >= 0.6 is 0 Å². The van der Waals surface area contributed by atoms with E-state index in [1.54, 1.807) is 0 Å². The molecule has 2 aromatic carbocycles. The monoisotopic (exact) mass is 327 g/mol. The molecule has 0 spiro atoms. The van der Waals surface area contributed by atoms with Crippen LogP contribution in [-0.2, 0) is 45.8 Å². The molecule has 0 saturated carbocycles. The van der Waals surface area contributed by atoms with Crippen LogP contribution in [0.5, 0.6) is 0 Å². The van der Waals surface area contributed by atoms with E-state index in [1.165, 1.54) is 11.1 Å².